The number of hydrogen-bond donors (Lipinski definition) is 0. The Balaban J connectivity index is 1.68. The van der Waals surface area contributed by atoms with Crippen molar-refractivity contribution in [2.75, 3.05) is 7.11 Å². The number of hydrogen-bond acceptors (Lipinski definition) is 5. The number of methoxy groups -OCH3 is 1. The predicted octanol–water partition coefficient (Wildman–Crippen LogP) is 7.12. The summed E-state index contributed by atoms with van der Waals surface area (Å²) in [5.41, 5.74) is 1.92. The molecule has 0 aliphatic heterocycles. The molecule has 0 unspecified atom stereocenters. The van der Waals surface area contributed by atoms with E-state index in [4.69, 9.17) is 21.1 Å². The van der Waals surface area contributed by atoms with E-state index in [0.717, 1.165) is 14.5 Å². The molecule has 1 aromatic heterocycles. The van der Waals surface area contributed by atoms with E-state index in [0.29, 0.717) is 49.9 Å². The fourth-order valence-electron chi connectivity index (χ4n) is 3.24. The van der Waals surface area contributed by atoms with Crippen LogP contribution in [0.1, 0.15) is 17.0 Å². The molecule has 0 saturated carbocycles. The number of fused-ring (bicyclic) bond motifs is 1. The molecule has 6 nitrogen and oxygen atoms in total. The highest BCUT2D eigenvalue weighted by atomic mass is 79.9. The number of aromatic nitrogens is 2. The molecule has 3 aromatic carbocycles. The van der Waals surface area contributed by atoms with Crippen LogP contribution in [0.3, 0.4) is 0 Å². The first-order valence-electron chi connectivity index (χ1n) is 9.95. The summed E-state index contributed by atoms with van der Waals surface area (Å²) >= 11 is 16.9. The zero-order valence-electron chi connectivity index (χ0n) is 18.0. The average Bonchev–Trinajstić information content (AvgIpc) is 2.82. The Morgan fingerprint density at radius 1 is 1.09 bits per heavy atom. The number of nitrogens with zero attached hydrogens (tertiary/aromatic N) is 3. The Morgan fingerprint density at radius 3 is 2.50 bits per heavy atom. The molecule has 34 heavy (non-hydrogen) atoms. The average molecular weight is 671 g/mol. The molecule has 0 atom stereocenters. The van der Waals surface area contributed by atoms with Crippen molar-refractivity contribution in [3.8, 4) is 11.5 Å². The third kappa shape index (κ3) is 5.22. The first-order chi connectivity index (χ1) is 16.3. The highest BCUT2D eigenvalue weighted by Gasteiger charge is 2.17. The van der Waals surface area contributed by atoms with Gasteiger partial charge in [-0.3, -0.25) is 4.79 Å². The van der Waals surface area contributed by atoms with Gasteiger partial charge in [0, 0.05) is 19.0 Å². The minimum absolute atomic E-state index is 0.274. The van der Waals surface area contributed by atoms with Gasteiger partial charge in [-0.15, -0.1) is 0 Å². The van der Waals surface area contributed by atoms with E-state index in [2.05, 4.69) is 57.9 Å². The van der Waals surface area contributed by atoms with Gasteiger partial charge in [0.25, 0.3) is 5.56 Å². The Morgan fingerprint density at radius 2 is 1.79 bits per heavy atom. The number of halogens is 4. The van der Waals surface area contributed by atoms with E-state index < -0.39 is 0 Å². The molecule has 174 valence electrons. The zero-order chi connectivity index (χ0) is 24.4. The summed E-state index contributed by atoms with van der Waals surface area (Å²) < 4.78 is 15.1. The third-order valence-electron chi connectivity index (χ3n) is 4.95. The van der Waals surface area contributed by atoms with E-state index in [9.17, 15) is 4.79 Å². The quantitative estimate of drug-likeness (QED) is 0.205. The standard InChI is InChI=1S/C24H17Br3ClN3O3/c1-13-30-19-8-7-17(26)10-18(19)24(32)31(13)29-11-15-9-20(33-2)23(22(28)21(15)27)34-12-14-3-5-16(25)6-4-14/h3-11H,12H2,1-2H3. The second kappa shape index (κ2) is 10.6. The Labute approximate surface area is 225 Å². The van der Waals surface area contributed by atoms with Crippen molar-refractivity contribution >= 4 is 76.5 Å². The summed E-state index contributed by atoms with van der Waals surface area (Å²) in [4.78, 5) is 17.5. The van der Waals surface area contributed by atoms with Gasteiger partial charge in [0.2, 0.25) is 0 Å². The van der Waals surface area contributed by atoms with E-state index in [1.807, 2.05) is 30.3 Å². The molecule has 0 saturated heterocycles. The molecule has 4 rings (SSSR count). The molecule has 0 fully saturated rings. The molecule has 1 heterocycles. The van der Waals surface area contributed by atoms with E-state index in [1.165, 1.54) is 18.0 Å². The van der Waals surface area contributed by atoms with Crippen LogP contribution in [0.5, 0.6) is 11.5 Å². The van der Waals surface area contributed by atoms with Crippen molar-refractivity contribution in [3.63, 3.8) is 0 Å². The van der Waals surface area contributed by atoms with Crippen LogP contribution in [0.15, 0.2) is 71.8 Å². The molecule has 0 spiro atoms. The predicted molar refractivity (Wildman–Crippen MR) is 146 cm³/mol. The lowest BCUT2D eigenvalue weighted by Gasteiger charge is -2.15. The van der Waals surface area contributed by atoms with Crippen LogP contribution in [0, 0.1) is 6.92 Å². The number of ether oxygens (including phenoxy) is 2. The third-order valence-corrected chi connectivity index (χ3v) is 7.42. The topological polar surface area (TPSA) is 65.7 Å². The van der Waals surface area contributed by atoms with Crippen LogP contribution in [0.4, 0.5) is 0 Å². The fourth-order valence-corrected chi connectivity index (χ4v) is 4.52. The molecule has 0 aliphatic carbocycles. The lowest BCUT2D eigenvalue weighted by molar-refractivity contribution is 0.284. The van der Waals surface area contributed by atoms with Crippen molar-refractivity contribution < 1.29 is 9.47 Å². The lowest BCUT2D eigenvalue weighted by atomic mass is 10.2. The smallest absolute Gasteiger partial charge is 0.282 e. The molecular weight excluding hydrogens is 653 g/mol. The number of aryl methyl sites for hydroxylation is 1. The van der Waals surface area contributed by atoms with Crippen molar-refractivity contribution in [2.24, 2.45) is 5.10 Å². The maximum Gasteiger partial charge on any atom is 0.282 e. The van der Waals surface area contributed by atoms with Crippen molar-refractivity contribution in [3.05, 3.63) is 94.3 Å². The fraction of sp³-hybridized carbons (Fsp3) is 0.125. The van der Waals surface area contributed by atoms with Gasteiger partial charge < -0.3 is 9.47 Å². The van der Waals surface area contributed by atoms with E-state index in [-0.39, 0.29) is 5.56 Å². The van der Waals surface area contributed by atoms with Gasteiger partial charge in [0.05, 0.1) is 24.2 Å². The Bertz CT molecular complexity index is 1470. The maximum absolute atomic E-state index is 13.0. The molecule has 0 aliphatic rings. The van der Waals surface area contributed by atoms with Crippen LogP contribution in [-0.2, 0) is 6.61 Å². The van der Waals surface area contributed by atoms with E-state index >= 15 is 0 Å². The summed E-state index contributed by atoms with van der Waals surface area (Å²) in [5, 5.41) is 5.17. The summed E-state index contributed by atoms with van der Waals surface area (Å²) in [6, 6.07) is 14.9. The Kier molecular flexibility index (Phi) is 7.77. The van der Waals surface area contributed by atoms with Gasteiger partial charge in [-0.1, -0.05) is 55.6 Å². The van der Waals surface area contributed by atoms with Gasteiger partial charge in [-0.25, -0.2) is 4.98 Å². The molecule has 0 radical (unpaired) electrons. The van der Waals surface area contributed by atoms with Gasteiger partial charge in [0.1, 0.15) is 17.5 Å². The first-order valence-corrected chi connectivity index (χ1v) is 12.7. The summed E-state index contributed by atoms with van der Waals surface area (Å²) in [6.07, 6.45) is 1.52. The minimum Gasteiger partial charge on any atom is -0.493 e. The molecule has 0 bridgehead atoms. The normalized spacial score (nSPS) is 11.4. The minimum atomic E-state index is -0.274. The molecule has 10 heteroatoms. The second-order valence-electron chi connectivity index (χ2n) is 7.22. The summed E-state index contributed by atoms with van der Waals surface area (Å²) in [7, 11) is 1.53. The summed E-state index contributed by atoms with van der Waals surface area (Å²) in [6.45, 7) is 2.04. The number of rotatable bonds is 6. The Hall–Kier alpha value is -2.20. The molecule has 4 aromatic rings. The van der Waals surface area contributed by atoms with Crippen LogP contribution in [0.25, 0.3) is 10.9 Å². The first kappa shape index (κ1) is 24.9. The molecule has 0 amide bonds. The van der Waals surface area contributed by atoms with Crippen LogP contribution < -0.4 is 15.0 Å². The van der Waals surface area contributed by atoms with Crippen LogP contribution in [0.2, 0.25) is 5.02 Å². The van der Waals surface area contributed by atoms with Gasteiger partial charge in [-0.2, -0.15) is 9.78 Å². The molecule has 0 N–H and O–H groups in total. The highest BCUT2D eigenvalue weighted by molar-refractivity contribution is 9.11. The van der Waals surface area contributed by atoms with Gasteiger partial charge >= 0.3 is 0 Å². The summed E-state index contributed by atoms with van der Waals surface area (Å²) in [5.74, 6) is 1.30. The maximum atomic E-state index is 13.0. The van der Waals surface area contributed by atoms with Crippen LogP contribution >= 0.6 is 59.4 Å². The van der Waals surface area contributed by atoms with Crippen molar-refractivity contribution in [1.82, 2.24) is 9.66 Å². The monoisotopic (exact) mass is 667 g/mol. The van der Waals surface area contributed by atoms with Gasteiger partial charge in [0.15, 0.2) is 11.5 Å². The van der Waals surface area contributed by atoms with Crippen molar-refractivity contribution in [1.29, 1.82) is 0 Å². The number of benzene rings is 3. The highest BCUT2D eigenvalue weighted by Crippen LogP contribution is 2.42. The SMILES string of the molecule is COc1cc(C=Nn2c(C)nc3ccc(Br)cc3c2=O)c(Br)c(Cl)c1OCc1ccc(Br)cc1. The largest absolute Gasteiger partial charge is 0.493 e. The molecular formula is C24H17Br3ClN3O3. The van der Waals surface area contributed by atoms with E-state index in [1.54, 1.807) is 25.1 Å². The second-order valence-corrected chi connectivity index (χ2v) is 10.2. The lowest BCUT2D eigenvalue weighted by Crippen LogP contribution is -2.20. The van der Waals surface area contributed by atoms with Gasteiger partial charge in [-0.05, 0) is 64.8 Å². The zero-order valence-corrected chi connectivity index (χ0v) is 23.5. The van der Waals surface area contributed by atoms with Crippen molar-refractivity contribution in [2.45, 2.75) is 13.5 Å². The van der Waals surface area contributed by atoms with Crippen LogP contribution in [-0.4, -0.2) is 23.0 Å².